The summed E-state index contributed by atoms with van der Waals surface area (Å²) in [5.74, 6) is -0.338. The van der Waals surface area contributed by atoms with Crippen molar-refractivity contribution in [2.24, 2.45) is 0 Å². The van der Waals surface area contributed by atoms with Gasteiger partial charge in [-0.2, -0.15) is 0 Å². The van der Waals surface area contributed by atoms with E-state index in [0.717, 1.165) is 76.2 Å². The van der Waals surface area contributed by atoms with Crippen molar-refractivity contribution in [3.63, 3.8) is 0 Å². The number of fused-ring (bicyclic) bond motifs is 10. The highest BCUT2D eigenvalue weighted by Crippen LogP contribution is 2.60. The monoisotopic (exact) mass is 822 g/mol. The van der Waals surface area contributed by atoms with Gasteiger partial charge in [-0.05, 0) is 71.6 Å². The number of aryl methyl sites for hydroxylation is 1. The molecule has 7 heteroatoms. The van der Waals surface area contributed by atoms with Crippen LogP contribution < -0.4 is 0 Å². The molecule has 0 saturated heterocycles. The Kier molecular flexibility index (Phi) is 7.37. The fourth-order valence-electron chi connectivity index (χ4n) is 9.54. The van der Waals surface area contributed by atoms with Gasteiger partial charge in [0, 0.05) is 37.1 Å². The second-order valence-corrected chi connectivity index (χ2v) is 17.4. The maximum atomic E-state index is 16.5. The highest BCUT2D eigenvalue weighted by atomic mass is 79.9. The third-order valence-electron chi connectivity index (χ3n) is 11.8. The van der Waals surface area contributed by atoms with Gasteiger partial charge in [0.15, 0.2) is 0 Å². The van der Waals surface area contributed by atoms with E-state index in [4.69, 9.17) is 0 Å². The Morgan fingerprint density at radius 1 is 0.544 bits per heavy atom. The predicted octanol–water partition coefficient (Wildman–Crippen LogP) is 12.7. The van der Waals surface area contributed by atoms with Crippen molar-refractivity contribution >= 4 is 69.6 Å². The molecule has 57 heavy (non-hydrogen) atoms. The third kappa shape index (κ3) is 4.55. The lowest BCUT2D eigenvalue weighted by molar-refractivity contribution is 0.590. The first-order valence-corrected chi connectivity index (χ1v) is 21.1. The van der Waals surface area contributed by atoms with Crippen LogP contribution >= 0.6 is 15.9 Å². The lowest BCUT2D eigenvalue weighted by Crippen LogP contribution is -2.28. The first-order chi connectivity index (χ1) is 27.8. The topological polar surface area (TPSA) is 44.0 Å². The average molecular weight is 824 g/mol. The lowest BCUT2D eigenvalue weighted by atomic mass is 9.67. The Hall–Kier alpha value is -6.28. The molecule has 0 unspecified atom stereocenters. The fourth-order valence-corrected chi connectivity index (χ4v) is 11.6. The largest absolute Gasteiger partial charge is 0.306 e. The van der Waals surface area contributed by atoms with Crippen LogP contribution in [-0.2, 0) is 15.4 Å². The molecule has 0 saturated carbocycles. The van der Waals surface area contributed by atoms with Crippen LogP contribution in [-0.4, -0.2) is 17.0 Å². The van der Waals surface area contributed by atoms with Gasteiger partial charge in [0.2, 0.25) is 0 Å². The van der Waals surface area contributed by atoms with Crippen molar-refractivity contribution in [2.45, 2.75) is 17.2 Å². The molecular weight excluding hydrogens is 792 g/mol. The van der Waals surface area contributed by atoms with Crippen molar-refractivity contribution in [1.29, 1.82) is 0 Å². The van der Waals surface area contributed by atoms with Crippen LogP contribution in [0.2, 0.25) is 0 Å². The molecule has 274 valence electrons. The minimum absolute atomic E-state index is 0.192. The number of hydrogen-bond donors (Lipinski definition) is 0. The number of para-hydroxylation sites is 2. The van der Waals surface area contributed by atoms with Gasteiger partial charge in [0.25, 0.3) is 10.0 Å². The van der Waals surface area contributed by atoms with E-state index in [1.807, 2.05) is 90.4 Å². The fraction of sp³-hybridized carbons (Fsp3) is 0.0400. The zero-order chi connectivity index (χ0) is 38.6. The molecule has 1 aliphatic carbocycles. The maximum absolute atomic E-state index is 16.5. The number of nitrogens with zero attached hydrogens (tertiary/aromatic N) is 2. The van der Waals surface area contributed by atoms with E-state index in [2.05, 4.69) is 88.7 Å². The minimum Gasteiger partial charge on any atom is -0.306 e. The van der Waals surface area contributed by atoms with E-state index in [1.54, 1.807) is 22.2 Å². The minimum atomic E-state index is -4.19. The molecule has 0 spiro atoms. The van der Waals surface area contributed by atoms with E-state index in [9.17, 15) is 0 Å². The van der Waals surface area contributed by atoms with Crippen LogP contribution in [0.4, 0.5) is 4.39 Å². The molecule has 0 bridgehead atoms. The van der Waals surface area contributed by atoms with E-state index >= 15 is 12.8 Å². The Morgan fingerprint density at radius 3 is 1.89 bits per heavy atom. The quantitative estimate of drug-likeness (QED) is 0.174. The van der Waals surface area contributed by atoms with Crippen molar-refractivity contribution < 1.29 is 12.8 Å². The Morgan fingerprint density at radius 2 is 1.16 bits per heavy atom. The third-order valence-corrected chi connectivity index (χ3v) is 14.2. The van der Waals surface area contributed by atoms with Crippen LogP contribution in [0, 0.1) is 12.7 Å². The molecule has 11 rings (SSSR count). The number of rotatable bonds is 5. The van der Waals surface area contributed by atoms with Crippen LogP contribution in [0.1, 0.15) is 27.8 Å². The Balaban J connectivity index is 1.41. The highest BCUT2D eigenvalue weighted by Gasteiger charge is 2.49. The summed E-state index contributed by atoms with van der Waals surface area (Å²) in [6.07, 6.45) is 0. The van der Waals surface area contributed by atoms with Crippen LogP contribution in [0.25, 0.3) is 60.4 Å². The van der Waals surface area contributed by atoms with Crippen molar-refractivity contribution in [1.82, 2.24) is 8.54 Å². The molecule has 0 radical (unpaired) electrons. The van der Waals surface area contributed by atoms with Gasteiger partial charge in [0.1, 0.15) is 5.82 Å². The molecule has 2 aromatic heterocycles. The van der Waals surface area contributed by atoms with Gasteiger partial charge in [-0.1, -0.05) is 155 Å². The summed E-state index contributed by atoms with van der Waals surface area (Å²) in [6, 6.07) is 57.4. The summed E-state index contributed by atoms with van der Waals surface area (Å²) in [4.78, 5) is 0.192. The Labute approximate surface area is 337 Å². The second-order valence-electron chi connectivity index (χ2n) is 14.8. The summed E-state index contributed by atoms with van der Waals surface area (Å²) in [5, 5.41) is 3.32. The lowest BCUT2D eigenvalue weighted by Gasteiger charge is -2.34. The van der Waals surface area contributed by atoms with Gasteiger partial charge in [-0.15, -0.1) is 0 Å². The zero-order valence-corrected chi connectivity index (χ0v) is 33.0. The number of hydrogen-bond acceptors (Lipinski definition) is 2. The molecule has 2 heterocycles. The molecule has 8 aromatic carbocycles. The van der Waals surface area contributed by atoms with E-state index in [1.165, 1.54) is 6.07 Å². The molecule has 1 aliphatic rings. The summed E-state index contributed by atoms with van der Waals surface area (Å²) < 4.78 is 51.6. The summed E-state index contributed by atoms with van der Waals surface area (Å²) in [6.45, 7) is 1.95. The maximum Gasteiger partial charge on any atom is 0.268 e. The molecule has 0 fully saturated rings. The number of benzene rings is 8. The van der Waals surface area contributed by atoms with Crippen molar-refractivity contribution in [3.8, 4) is 16.8 Å². The van der Waals surface area contributed by atoms with Gasteiger partial charge < -0.3 is 4.57 Å². The van der Waals surface area contributed by atoms with Crippen molar-refractivity contribution in [2.75, 3.05) is 0 Å². The first-order valence-electron chi connectivity index (χ1n) is 18.8. The molecular formula is C50H32BrFN2O2S. The van der Waals surface area contributed by atoms with Gasteiger partial charge in [-0.25, -0.2) is 16.8 Å². The van der Waals surface area contributed by atoms with Gasteiger partial charge >= 0.3 is 0 Å². The number of halogens is 2. The molecule has 10 aromatic rings. The van der Waals surface area contributed by atoms with Crippen molar-refractivity contribution in [3.05, 3.63) is 214 Å². The second kappa shape index (κ2) is 12.4. The summed E-state index contributed by atoms with van der Waals surface area (Å²) in [5.41, 5.74) is 8.91. The van der Waals surface area contributed by atoms with Crippen LogP contribution in [0.5, 0.6) is 0 Å². The van der Waals surface area contributed by atoms with E-state index < -0.39 is 15.4 Å². The molecule has 0 amide bonds. The summed E-state index contributed by atoms with van der Waals surface area (Å²) in [7, 11) is -4.19. The number of aromatic nitrogens is 2. The predicted molar refractivity (Wildman–Crippen MR) is 233 cm³/mol. The molecule has 0 N–H and O–H groups in total. The van der Waals surface area contributed by atoms with Gasteiger partial charge in [0.05, 0.1) is 38.1 Å². The van der Waals surface area contributed by atoms with Crippen LogP contribution in [0.3, 0.4) is 0 Å². The standard InChI is InChI=1S/C50H32BrFN2O2S/c1-31-25-27-34(28-26-31)57(55,56)54-44-24-12-20-40(51)45(44)37-29-30-39-47(49(37)54)46-38(50(39,32-13-4-2-5-14-32)33-15-6-3-7-16-33)19-11-23-43(46)53-42-22-9-8-17-35(42)36-18-10-21-41(52)48(36)53/h2-30H,1H3. The molecule has 0 atom stereocenters. The normalized spacial score (nSPS) is 13.5. The molecule has 4 nitrogen and oxygen atoms in total. The van der Waals surface area contributed by atoms with Crippen LogP contribution in [0.15, 0.2) is 185 Å². The highest BCUT2D eigenvalue weighted by molar-refractivity contribution is 9.10. The van der Waals surface area contributed by atoms with Gasteiger partial charge in [-0.3, -0.25) is 0 Å². The smallest absolute Gasteiger partial charge is 0.268 e. The molecule has 0 aliphatic heterocycles. The van der Waals surface area contributed by atoms with E-state index in [-0.39, 0.29) is 10.7 Å². The van der Waals surface area contributed by atoms with E-state index in [0.29, 0.717) is 16.6 Å². The zero-order valence-electron chi connectivity index (χ0n) is 30.6. The average Bonchev–Trinajstić information content (AvgIpc) is 3.88. The first kappa shape index (κ1) is 34.0. The summed E-state index contributed by atoms with van der Waals surface area (Å²) >= 11 is 3.83. The Bertz CT molecular complexity index is 3350. The SMILES string of the molecule is Cc1ccc(S(=O)(=O)n2c3cccc(Br)c3c3ccc4c(c32)-c2c(-n3c5ccccc5c5cccc(F)c53)cccc2C4(c2ccccc2)c2ccccc2)cc1.